The molecule has 3 N–H and O–H groups in total. The number of nitrogens with zero attached hydrogens (tertiary/aromatic N) is 1. The predicted octanol–water partition coefficient (Wildman–Crippen LogP) is 1.83. The molecule has 0 radical (unpaired) electrons. The zero-order chi connectivity index (χ0) is 9.26. The van der Waals surface area contributed by atoms with Crippen molar-refractivity contribution in [3.05, 3.63) is 36.0 Å². The van der Waals surface area contributed by atoms with E-state index in [4.69, 9.17) is 5.84 Å². The fourth-order valence-electron chi connectivity index (χ4n) is 1.44. The first kappa shape index (κ1) is 8.01. The van der Waals surface area contributed by atoms with Crippen LogP contribution in [0.5, 0.6) is 0 Å². The molecule has 2 aromatic rings. The van der Waals surface area contributed by atoms with E-state index in [2.05, 4.69) is 10.4 Å². The van der Waals surface area contributed by atoms with Gasteiger partial charge in [-0.05, 0) is 30.7 Å². The van der Waals surface area contributed by atoms with Crippen LogP contribution in [0.2, 0.25) is 0 Å². The number of aryl methyl sites for hydroxylation is 1. The number of anilines is 1. The molecule has 66 valence electrons. The Morgan fingerprint density at radius 3 is 2.92 bits per heavy atom. The van der Waals surface area contributed by atoms with Gasteiger partial charge in [-0.1, -0.05) is 6.07 Å². The fourth-order valence-corrected chi connectivity index (χ4v) is 1.44. The molecule has 3 heteroatoms. The van der Waals surface area contributed by atoms with Crippen molar-refractivity contribution in [2.24, 2.45) is 5.84 Å². The Kier molecular flexibility index (Phi) is 1.87. The van der Waals surface area contributed by atoms with Gasteiger partial charge in [-0.25, -0.2) is 0 Å². The quantitative estimate of drug-likeness (QED) is 0.511. The topological polar surface area (TPSA) is 50.9 Å². The fraction of sp³-hybridized carbons (Fsp3) is 0.100. The molecule has 0 spiro atoms. The number of hydrogen-bond donors (Lipinski definition) is 2. The molecule has 1 aromatic carbocycles. The molecular formula is C10H11N3. The summed E-state index contributed by atoms with van der Waals surface area (Å²) < 4.78 is 0. The lowest BCUT2D eigenvalue weighted by molar-refractivity contribution is 1.33. The predicted molar refractivity (Wildman–Crippen MR) is 54.3 cm³/mol. The third kappa shape index (κ3) is 1.23. The SMILES string of the molecule is Cc1ccc(NN)c2cccnc12. The summed E-state index contributed by atoms with van der Waals surface area (Å²) >= 11 is 0. The van der Waals surface area contributed by atoms with Crippen LogP contribution in [-0.2, 0) is 0 Å². The van der Waals surface area contributed by atoms with Crippen molar-refractivity contribution in [3.63, 3.8) is 0 Å². The van der Waals surface area contributed by atoms with E-state index in [1.807, 2.05) is 31.2 Å². The first-order valence-electron chi connectivity index (χ1n) is 4.14. The molecule has 0 saturated heterocycles. The van der Waals surface area contributed by atoms with Crippen molar-refractivity contribution in [3.8, 4) is 0 Å². The second-order valence-corrected chi connectivity index (χ2v) is 2.97. The van der Waals surface area contributed by atoms with Gasteiger partial charge in [-0.2, -0.15) is 0 Å². The van der Waals surface area contributed by atoms with Crippen molar-refractivity contribution in [2.75, 3.05) is 5.43 Å². The van der Waals surface area contributed by atoms with Crippen molar-refractivity contribution in [1.29, 1.82) is 0 Å². The molecule has 0 aliphatic carbocycles. The van der Waals surface area contributed by atoms with Crippen molar-refractivity contribution < 1.29 is 0 Å². The first-order chi connectivity index (χ1) is 6.33. The normalized spacial score (nSPS) is 10.3. The Bertz CT molecular complexity index is 437. The number of hydrazine groups is 1. The van der Waals surface area contributed by atoms with Crippen LogP contribution in [0, 0.1) is 6.92 Å². The van der Waals surface area contributed by atoms with E-state index in [0.29, 0.717) is 0 Å². The minimum Gasteiger partial charge on any atom is -0.323 e. The van der Waals surface area contributed by atoms with E-state index in [1.54, 1.807) is 6.20 Å². The van der Waals surface area contributed by atoms with Crippen molar-refractivity contribution >= 4 is 16.6 Å². The maximum atomic E-state index is 5.39. The minimum absolute atomic E-state index is 0.911. The highest BCUT2D eigenvalue weighted by atomic mass is 15.2. The number of rotatable bonds is 1. The minimum atomic E-state index is 0.911. The number of nitrogen functional groups attached to an aromatic ring is 1. The molecule has 0 aliphatic rings. The van der Waals surface area contributed by atoms with Crippen molar-refractivity contribution in [1.82, 2.24) is 4.98 Å². The molecule has 2 rings (SSSR count). The average Bonchev–Trinajstić information content (AvgIpc) is 2.19. The van der Waals surface area contributed by atoms with Gasteiger partial charge in [0.25, 0.3) is 0 Å². The van der Waals surface area contributed by atoms with E-state index in [9.17, 15) is 0 Å². The van der Waals surface area contributed by atoms with E-state index >= 15 is 0 Å². The second kappa shape index (κ2) is 3.03. The third-order valence-corrected chi connectivity index (χ3v) is 2.13. The summed E-state index contributed by atoms with van der Waals surface area (Å²) in [5.74, 6) is 5.39. The van der Waals surface area contributed by atoms with Crippen LogP contribution in [0.25, 0.3) is 10.9 Å². The number of benzene rings is 1. The molecule has 1 aromatic heterocycles. The van der Waals surface area contributed by atoms with Gasteiger partial charge in [0.1, 0.15) is 0 Å². The lowest BCUT2D eigenvalue weighted by Gasteiger charge is -2.06. The lowest BCUT2D eigenvalue weighted by atomic mass is 10.1. The molecule has 3 nitrogen and oxygen atoms in total. The lowest BCUT2D eigenvalue weighted by Crippen LogP contribution is -2.07. The molecule has 0 bridgehead atoms. The van der Waals surface area contributed by atoms with Crippen LogP contribution in [-0.4, -0.2) is 4.98 Å². The number of pyridine rings is 1. The van der Waals surface area contributed by atoms with Crippen LogP contribution in [0.4, 0.5) is 5.69 Å². The van der Waals surface area contributed by atoms with Gasteiger partial charge in [-0.3, -0.25) is 10.8 Å². The summed E-state index contributed by atoms with van der Waals surface area (Å²) in [6, 6.07) is 7.87. The average molecular weight is 173 g/mol. The molecule has 0 aliphatic heterocycles. The second-order valence-electron chi connectivity index (χ2n) is 2.97. The largest absolute Gasteiger partial charge is 0.323 e. The summed E-state index contributed by atoms with van der Waals surface area (Å²) in [5, 5.41) is 1.06. The van der Waals surface area contributed by atoms with E-state index in [-0.39, 0.29) is 0 Å². The van der Waals surface area contributed by atoms with Gasteiger partial charge in [0.15, 0.2) is 0 Å². The number of nitrogens with one attached hydrogen (secondary N) is 1. The molecule has 0 unspecified atom stereocenters. The smallest absolute Gasteiger partial charge is 0.0752 e. The molecule has 0 saturated carbocycles. The number of aromatic nitrogens is 1. The summed E-state index contributed by atoms with van der Waals surface area (Å²) in [6.07, 6.45) is 1.79. The first-order valence-corrected chi connectivity index (χ1v) is 4.14. The summed E-state index contributed by atoms with van der Waals surface area (Å²) in [6.45, 7) is 2.04. The van der Waals surface area contributed by atoms with Gasteiger partial charge in [0, 0.05) is 11.6 Å². The Hall–Kier alpha value is -1.61. The highest BCUT2D eigenvalue weighted by molar-refractivity contribution is 5.92. The van der Waals surface area contributed by atoms with Crippen LogP contribution < -0.4 is 11.3 Å². The number of fused-ring (bicyclic) bond motifs is 1. The summed E-state index contributed by atoms with van der Waals surface area (Å²) in [5.41, 5.74) is 5.73. The van der Waals surface area contributed by atoms with Crippen molar-refractivity contribution in [2.45, 2.75) is 6.92 Å². The van der Waals surface area contributed by atoms with Crippen LogP contribution in [0.3, 0.4) is 0 Å². The molecule has 0 amide bonds. The zero-order valence-electron chi connectivity index (χ0n) is 7.41. The standard InChI is InChI=1S/C10H11N3/c1-7-4-5-9(13-11)8-3-2-6-12-10(7)8/h2-6,13H,11H2,1H3. The van der Waals surface area contributed by atoms with Crippen LogP contribution in [0.15, 0.2) is 30.5 Å². The summed E-state index contributed by atoms with van der Waals surface area (Å²) in [7, 11) is 0. The Balaban J connectivity index is 2.84. The van der Waals surface area contributed by atoms with Gasteiger partial charge in [0.2, 0.25) is 0 Å². The summed E-state index contributed by atoms with van der Waals surface area (Å²) in [4.78, 5) is 4.29. The van der Waals surface area contributed by atoms with Gasteiger partial charge in [0.05, 0.1) is 11.2 Å². The highest BCUT2D eigenvalue weighted by Gasteiger charge is 2.01. The molecule has 13 heavy (non-hydrogen) atoms. The Morgan fingerprint density at radius 2 is 2.15 bits per heavy atom. The Morgan fingerprint density at radius 1 is 1.31 bits per heavy atom. The molecule has 0 fully saturated rings. The zero-order valence-corrected chi connectivity index (χ0v) is 7.41. The van der Waals surface area contributed by atoms with Crippen LogP contribution in [0.1, 0.15) is 5.56 Å². The molecule has 0 atom stereocenters. The van der Waals surface area contributed by atoms with E-state index in [1.165, 1.54) is 0 Å². The monoisotopic (exact) mass is 173 g/mol. The number of nitrogens with two attached hydrogens (primary N) is 1. The molecule has 1 heterocycles. The van der Waals surface area contributed by atoms with E-state index < -0.39 is 0 Å². The van der Waals surface area contributed by atoms with Gasteiger partial charge >= 0.3 is 0 Å². The Labute approximate surface area is 76.6 Å². The molecular weight excluding hydrogens is 162 g/mol. The van der Waals surface area contributed by atoms with Crippen LogP contribution >= 0.6 is 0 Å². The van der Waals surface area contributed by atoms with Gasteiger partial charge in [-0.15, -0.1) is 0 Å². The third-order valence-electron chi connectivity index (χ3n) is 2.13. The van der Waals surface area contributed by atoms with E-state index in [0.717, 1.165) is 22.2 Å². The maximum Gasteiger partial charge on any atom is 0.0752 e. The maximum absolute atomic E-state index is 5.39. The van der Waals surface area contributed by atoms with Gasteiger partial charge < -0.3 is 5.43 Å². The number of hydrogen-bond acceptors (Lipinski definition) is 3. The highest BCUT2D eigenvalue weighted by Crippen LogP contribution is 2.23.